The molecule has 0 saturated carbocycles. The number of nitrogens with one attached hydrogen (secondary N) is 2. The Kier molecular flexibility index (Phi) is 7.16. The zero-order valence-corrected chi connectivity index (χ0v) is 14.7. The minimum atomic E-state index is -0.102. The molecule has 7 heteroatoms. The second kappa shape index (κ2) is 9.58. The van der Waals surface area contributed by atoms with Crippen molar-refractivity contribution in [1.29, 1.82) is 0 Å². The van der Waals surface area contributed by atoms with Crippen LogP contribution in [0.1, 0.15) is 22.3 Å². The molecule has 0 aliphatic heterocycles. The maximum absolute atomic E-state index is 12.0. The van der Waals surface area contributed by atoms with Crippen molar-refractivity contribution >= 4 is 11.8 Å². The minimum absolute atomic E-state index is 0.00458. The fourth-order valence-electron chi connectivity index (χ4n) is 2.48. The van der Waals surface area contributed by atoms with E-state index in [9.17, 15) is 9.59 Å². The Morgan fingerprint density at radius 1 is 1.24 bits per heavy atom. The van der Waals surface area contributed by atoms with E-state index in [0.29, 0.717) is 25.2 Å². The number of hydrogen-bond donors (Lipinski definition) is 2. The van der Waals surface area contributed by atoms with Gasteiger partial charge in [-0.25, -0.2) is 0 Å². The molecule has 0 aliphatic carbocycles. The molecule has 0 bridgehead atoms. The summed E-state index contributed by atoms with van der Waals surface area (Å²) in [6.07, 6.45) is 4.50. The Labute approximate surface area is 148 Å². The van der Waals surface area contributed by atoms with E-state index in [1.54, 1.807) is 25.4 Å². The molecule has 0 radical (unpaired) electrons. The third-order valence-electron chi connectivity index (χ3n) is 3.75. The van der Waals surface area contributed by atoms with E-state index < -0.39 is 0 Å². The molecular formula is C18H25N5O2. The number of benzene rings is 1. The molecule has 0 spiro atoms. The van der Waals surface area contributed by atoms with Crippen LogP contribution in [-0.2, 0) is 17.9 Å². The molecule has 2 N–H and O–H groups in total. The first kappa shape index (κ1) is 18.7. The van der Waals surface area contributed by atoms with Gasteiger partial charge in [-0.05, 0) is 37.2 Å². The fraction of sp³-hybridized carbons (Fsp3) is 0.389. The number of hydrogen-bond acceptors (Lipinski definition) is 4. The first-order valence-corrected chi connectivity index (χ1v) is 8.32. The number of carbonyl (C=O) groups excluding carboxylic acids is 2. The van der Waals surface area contributed by atoms with Crippen molar-refractivity contribution in [2.45, 2.75) is 19.5 Å². The number of aryl methyl sites for hydroxylation is 1. The van der Waals surface area contributed by atoms with Gasteiger partial charge in [-0.2, -0.15) is 5.10 Å². The lowest BCUT2D eigenvalue weighted by atomic mass is 10.1. The van der Waals surface area contributed by atoms with E-state index in [-0.39, 0.29) is 11.8 Å². The summed E-state index contributed by atoms with van der Waals surface area (Å²) in [5.41, 5.74) is 1.69. The highest BCUT2D eigenvalue weighted by Crippen LogP contribution is 2.06. The lowest BCUT2D eigenvalue weighted by Gasteiger charge is -2.16. The smallest absolute Gasteiger partial charge is 0.251 e. The third kappa shape index (κ3) is 6.39. The van der Waals surface area contributed by atoms with Crippen molar-refractivity contribution in [3.63, 3.8) is 0 Å². The molecule has 0 fully saturated rings. The second-order valence-electron chi connectivity index (χ2n) is 5.92. The van der Waals surface area contributed by atoms with Crippen molar-refractivity contribution in [3.05, 3.63) is 53.9 Å². The van der Waals surface area contributed by atoms with Gasteiger partial charge in [-0.3, -0.25) is 19.2 Å². The molecular weight excluding hydrogens is 318 g/mol. The molecule has 1 aromatic carbocycles. The Morgan fingerprint density at radius 2 is 2.00 bits per heavy atom. The normalized spacial score (nSPS) is 10.7. The van der Waals surface area contributed by atoms with E-state index in [1.165, 1.54) is 0 Å². The van der Waals surface area contributed by atoms with Crippen molar-refractivity contribution < 1.29 is 9.59 Å². The van der Waals surface area contributed by atoms with Crippen molar-refractivity contribution in [1.82, 2.24) is 25.3 Å². The number of rotatable bonds is 9. The summed E-state index contributed by atoms with van der Waals surface area (Å²) in [5, 5.41) is 9.63. The zero-order valence-electron chi connectivity index (χ0n) is 14.7. The van der Waals surface area contributed by atoms with E-state index in [1.807, 2.05) is 41.0 Å². The van der Waals surface area contributed by atoms with E-state index >= 15 is 0 Å². The van der Waals surface area contributed by atoms with Crippen LogP contribution in [0.5, 0.6) is 0 Å². The van der Waals surface area contributed by atoms with Gasteiger partial charge in [0.2, 0.25) is 5.91 Å². The van der Waals surface area contributed by atoms with Crippen LogP contribution in [0.15, 0.2) is 42.7 Å². The monoisotopic (exact) mass is 343 g/mol. The molecule has 2 aromatic rings. The SMILES string of the molecule is CNC(=O)c1ccc(CN(C)CC(=O)NCCCn2cccn2)cc1. The Balaban J connectivity index is 1.67. The molecule has 2 rings (SSSR count). The standard InChI is InChI=1S/C18H25N5O2/c1-19-18(25)16-7-5-15(6-8-16)13-22(2)14-17(24)20-9-3-11-23-12-4-10-21-23/h4-8,10,12H,3,9,11,13-14H2,1-2H3,(H,19,25)(H,20,24). The summed E-state index contributed by atoms with van der Waals surface area (Å²) >= 11 is 0. The number of carbonyl (C=O) groups is 2. The molecule has 0 saturated heterocycles. The lowest BCUT2D eigenvalue weighted by molar-refractivity contribution is -0.122. The van der Waals surface area contributed by atoms with Crippen LogP contribution in [0, 0.1) is 0 Å². The highest BCUT2D eigenvalue weighted by Gasteiger charge is 2.08. The van der Waals surface area contributed by atoms with Gasteiger partial charge in [0.15, 0.2) is 0 Å². The first-order valence-electron chi connectivity index (χ1n) is 8.32. The van der Waals surface area contributed by atoms with Gasteiger partial charge in [0.1, 0.15) is 0 Å². The summed E-state index contributed by atoms with van der Waals surface area (Å²) in [5.74, 6) is -0.0978. The van der Waals surface area contributed by atoms with Gasteiger partial charge in [0.25, 0.3) is 5.91 Å². The van der Waals surface area contributed by atoms with Crippen molar-refractivity contribution in [3.8, 4) is 0 Å². The summed E-state index contributed by atoms with van der Waals surface area (Å²) in [6.45, 7) is 2.40. The molecule has 1 heterocycles. The molecule has 2 amide bonds. The average Bonchev–Trinajstić information content (AvgIpc) is 3.12. The fourth-order valence-corrected chi connectivity index (χ4v) is 2.48. The first-order chi connectivity index (χ1) is 12.1. The third-order valence-corrected chi connectivity index (χ3v) is 3.75. The maximum atomic E-state index is 12.0. The topological polar surface area (TPSA) is 79.3 Å². The highest BCUT2D eigenvalue weighted by molar-refractivity contribution is 5.93. The summed E-state index contributed by atoms with van der Waals surface area (Å²) in [6, 6.07) is 9.27. The predicted molar refractivity (Wildman–Crippen MR) is 96.0 cm³/mol. The molecule has 25 heavy (non-hydrogen) atoms. The van der Waals surface area contributed by atoms with Crippen LogP contribution in [0.4, 0.5) is 0 Å². The van der Waals surface area contributed by atoms with Crippen molar-refractivity contribution in [2.24, 2.45) is 0 Å². The second-order valence-corrected chi connectivity index (χ2v) is 5.92. The number of amides is 2. The number of nitrogens with zero attached hydrogens (tertiary/aromatic N) is 3. The van der Waals surface area contributed by atoms with Gasteiger partial charge in [-0.1, -0.05) is 12.1 Å². The van der Waals surface area contributed by atoms with Crippen LogP contribution < -0.4 is 10.6 Å². The summed E-state index contributed by atoms with van der Waals surface area (Å²) < 4.78 is 1.85. The van der Waals surface area contributed by atoms with Crippen LogP contribution in [0.2, 0.25) is 0 Å². The largest absolute Gasteiger partial charge is 0.355 e. The van der Waals surface area contributed by atoms with E-state index in [2.05, 4.69) is 15.7 Å². The summed E-state index contributed by atoms with van der Waals surface area (Å²) in [7, 11) is 3.51. The van der Waals surface area contributed by atoms with Crippen molar-refractivity contribution in [2.75, 3.05) is 27.2 Å². The van der Waals surface area contributed by atoms with Crippen LogP contribution >= 0.6 is 0 Å². The highest BCUT2D eigenvalue weighted by atomic mass is 16.2. The van der Waals surface area contributed by atoms with Gasteiger partial charge in [0, 0.05) is 44.6 Å². The minimum Gasteiger partial charge on any atom is -0.355 e. The molecule has 0 aliphatic rings. The quantitative estimate of drug-likeness (QED) is 0.663. The molecule has 0 unspecified atom stereocenters. The Morgan fingerprint density at radius 3 is 2.64 bits per heavy atom. The molecule has 0 atom stereocenters. The van der Waals surface area contributed by atoms with Gasteiger partial charge < -0.3 is 10.6 Å². The number of aromatic nitrogens is 2. The number of likely N-dealkylation sites (N-methyl/N-ethyl adjacent to an activating group) is 1. The van der Waals surface area contributed by atoms with Crippen LogP contribution in [0.25, 0.3) is 0 Å². The average molecular weight is 343 g/mol. The summed E-state index contributed by atoms with van der Waals surface area (Å²) in [4.78, 5) is 25.4. The van der Waals surface area contributed by atoms with Gasteiger partial charge >= 0.3 is 0 Å². The predicted octanol–water partition coefficient (Wildman–Crippen LogP) is 0.881. The lowest BCUT2D eigenvalue weighted by Crippen LogP contribution is -2.35. The molecule has 7 nitrogen and oxygen atoms in total. The van der Waals surface area contributed by atoms with Gasteiger partial charge in [0.05, 0.1) is 6.54 Å². The van der Waals surface area contributed by atoms with Crippen LogP contribution in [0.3, 0.4) is 0 Å². The van der Waals surface area contributed by atoms with E-state index in [0.717, 1.165) is 18.5 Å². The maximum Gasteiger partial charge on any atom is 0.251 e. The van der Waals surface area contributed by atoms with E-state index in [4.69, 9.17) is 0 Å². The Bertz CT molecular complexity index is 667. The molecule has 1 aromatic heterocycles. The Hall–Kier alpha value is -2.67. The molecule has 134 valence electrons. The van der Waals surface area contributed by atoms with Crippen LogP contribution in [-0.4, -0.2) is 53.7 Å². The van der Waals surface area contributed by atoms with Gasteiger partial charge in [-0.15, -0.1) is 0 Å². The zero-order chi connectivity index (χ0) is 18.1.